The van der Waals surface area contributed by atoms with Crippen molar-refractivity contribution in [2.45, 2.75) is 32.9 Å². The second-order valence-corrected chi connectivity index (χ2v) is 8.54. The van der Waals surface area contributed by atoms with Crippen molar-refractivity contribution in [2.24, 2.45) is 0 Å². The Labute approximate surface area is 161 Å². The molecule has 146 valence electrons. The van der Waals surface area contributed by atoms with Crippen molar-refractivity contribution in [1.82, 2.24) is 5.32 Å². The van der Waals surface area contributed by atoms with Crippen molar-refractivity contribution in [3.05, 3.63) is 60.2 Å². The van der Waals surface area contributed by atoms with E-state index < -0.39 is 10.0 Å². The molecule has 1 unspecified atom stereocenters. The lowest BCUT2D eigenvalue weighted by Crippen LogP contribution is -2.41. The van der Waals surface area contributed by atoms with E-state index in [9.17, 15) is 13.2 Å². The van der Waals surface area contributed by atoms with Gasteiger partial charge in [0.1, 0.15) is 12.3 Å². The fourth-order valence-electron chi connectivity index (χ4n) is 2.61. The molecule has 0 aliphatic rings. The van der Waals surface area contributed by atoms with Gasteiger partial charge in [0.05, 0.1) is 24.1 Å². The van der Waals surface area contributed by atoms with E-state index in [1.807, 2.05) is 51.1 Å². The van der Waals surface area contributed by atoms with Crippen LogP contribution in [0.25, 0.3) is 0 Å². The maximum Gasteiger partial charge on any atom is 0.241 e. The van der Waals surface area contributed by atoms with Crippen molar-refractivity contribution in [1.29, 1.82) is 0 Å². The first-order valence-corrected chi connectivity index (χ1v) is 10.6. The molecule has 0 saturated carbocycles. The number of carbonyl (C=O) groups is 1. The summed E-state index contributed by atoms with van der Waals surface area (Å²) in [6.45, 7) is 5.39. The lowest BCUT2D eigenvalue weighted by atomic mass is 10.1. The average molecular weight is 391 g/mol. The quantitative estimate of drug-likeness (QED) is 0.751. The van der Waals surface area contributed by atoms with Gasteiger partial charge < -0.3 is 10.1 Å². The van der Waals surface area contributed by atoms with E-state index in [-0.39, 0.29) is 24.6 Å². The molecule has 0 saturated heterocycles. The summed E-state index contributed by atoms with van der Waals surface area (Å²) in [6, 6.07) is 15.9. The summed E-state index contributed by atoms with van der Waals surface area (Å²) in [6.07, 6.45) is 1.10. The maximum absolute atomic E-state index is 12.4. The fraction of sp³-hybridized carbons (Fsp3) is 0.350. The van der Waals surface area contributed by atoms with Crippen molar-refractivity contribution in [2.75, 3.05) is 17.1 Å². The van der Waals surface area contributed by atoms with Crippen LogP contribution in [0.1, 0.15) is 32.4 Å². The Morgan fingerprint density at radius 2 is 1.63 bits per heavy atom. The highest BCUT2D eigenvalue weighted by Gasteiger charge is 2.22. The molecule has 1 amide bonds. The third-order valence-corrected chi connectivity index (χ3v) is 5.00. The molecule has 2 aromatic carbocycles. The van der Waals surface area contributed by atoms with Gasteiger partial charge in [-0.1, -0.05) is 30.3 Å². The number of carbonyl (C=O) groups excluding carboxylic acids is 1. The zero-order chi connectivity index (χ0) is 20.0. The molecule has 2 rings (SSSR count). The Hall–Kier alpha value is -2.54. The molecule has 0 bridgehead atoms. The van der Waals surface area contributed by atoms with Crippen LogP contribution in [0.4, 0.5) is 5.69 Å². The highest BCUT2D eigenvalue weighted by molar-refractivity contribution is 7.92. The minimum atomic E-state index is -3.62. The topological polar surface area (TPSA) is 75.7 Å². The molecule has 0 aliphatic carbocycles. The Morgan fingerprint density at radius 3 is 2.15 bits per heavy atom. The third kappa shape index (κ3) is 6.29. The number of nitrogens with zero attached hydrogens (tertiary/aromatic N) is 1. The van der Waals surface area contributed by atoms with E-state index in [2.05, 4.69) is 5.32 Å². The minimum absolute atomic E-state index is 0.0205. The Kier molecular flexibility index (Phi) is 6.85. The van der Waals surface area contributed by atoms with Crippen LogP contribution in [0.2, 0.25) is 0 Å². The molecule has 0 heterocycles. The Morgan fingerprint density at radius 1 is 1.04 bits per heavy atom. The van der Waals surface area contributed by atoms with Gasteiger partial charge in [-0.25, -0.2) is 8.42 Å². The fourth-order valence-corrected chi connectivity index (χ4v) is 3.46. The second-order valence-electron chi connectivity index (χ2n) is 6.63. The van der Waals surface area contributed by atoms with Crippen LogP contribution in [0.15, 0.2) is 54.6 Å². The number of nitrogens with one attached hydrogen (secondary N) is 1. The molecule has 0 radical (unpaired) electrons. The minimum Gasteiger partial charge on any atom is -0.491 e. The van der Waals surface area contributed by atoms with Gasteiger partial charge in [-0.3, -0.25) is 9.10 Å². The van der Waals surface area contributed by atoms with E-state index in [1.165, 1.54) is 0 Å². The molecule has 6 nitrogen and oxygen atoms in total. The highest BCUT2D eigenvalue weighted by Crippen LogP contribution is 2.22. The summed E-state index contributed by atoms with van der Waals surface area (Å²) in [5.74, 6) is 0.267. The zero-order valence-electron chi connectivity index (χ0n) is 16.0. The summed E-state index contributed by atoms with van der Waals surface area (Å²) >= 11 is 0. The zero-order valence-corrected chi connectivity index (χ0v) is 16.9. The maximum atomic E-state index is 12.4. The number of ether oxygens (including phenoxy) is 1. The first-order valence-electron chi connectivity index (χ1n) is 8.75. The summed E-state index contributed by atoms with van der Waals surface area (Å²) in [5.41, 5.74) is 1.36. The molecule has 7 heteroatoms. The molecule has 1 atom stereocenters. The van der Waals surface area contributed by atoms with Crippen LogP contribution in [0.3, 0.4) is 0 Å². The lowest BCUT2D eigenvalue weighted by molar-refractivity contribution is -0.120. The molecular formula is C20H26N2O4S. The number of rotatable bonds is 8. The molecule has 0 spiro atoms. The van der Waals surface area contributed by atoms with E-state index >= 15 is 0 Å². The van der Waals surface area contributed by atoms with Gasteiger partial charge in [-0.15, -0.1) is 0 Å². The third-order valence-electron chi connectivity index (χ3n) is 3.86. The predicted octanol–water partition coefficient (Wildman–Crippen LogP) is 3.12. The van der Waals surface area contributed by atoms with Crippen molar-refractivity contribution in [3.63, 3.8) is 0 Å². The summed E-state index contributed by atoms with van der Waals surface area (Å²) in [7, 11) is -3.62. The highest BCUT2D eigenvalue weighted by atomic mass is 32.2. The first kappa shape index (κ1) is 20.8. The molecule has 1 N–H and O–H groups in total. The smallest absolute Gasteiger partial charge is 0.241 e. The monoisotopic (exact) mass is 390 g/mol. The number of hydrogen-bond donors (Lipinski definition) is 1. The summed E-state index contributed by atoms with van der Waals surface area (Å²) in [5, 5.41) is 2.84. The predicted molar refractivity (Wildman–Crippen MR) is 107 cm³/mol. The normalized spacial score (nSPS) is 12.5. The number of anilines is 1. The van der Waals surface area contributed by atoms with E-state index in [0.29, 0.717) is 11.4 Å². The van der Waals surface area contributed by atoms with Crippen LogP contribution < -0.4 is 14.4 Å². The summed E-state index contributed by atoms with van der Waals surface area (Å²) in [4.78, 5) is 12.4. The Balaban J connectivity index is 2.11. The SMILES string of the molecule is CC(C)Oc1ccc(N(CC(=O)NC(C)c2ccccc2)S(C)(=O)=O)cc1. The van der Waals surface area contributed by atoms with Gasteiger partial charge in [0.25, 0.3) is 0 Å². The largest absolute Gasteiger partial charge is 0.491 e. The van der Waals surface area contributed by atoms with Gasteiger partial charge in [0.15, 0.2) is 0 Å². The summed E-state index contributed by atoms with van der Waals surface area (Å²) < 4.78 is 31.1. The van der Waals surface area contributed by atoms with E-state index in [0.717, 1.165) is 16.1 Å². The van der Waals surface area contributed by atoms with Crippen LogP contribution >= 0.6 is 0 Å². The van der Waals surface area contributed by atoms with Gasteiger partial charge in [0.2, 0.25) is 15.9 Å². The van der Waals surface area contributed by atoms with Crippen LogP contribution in [0, 0.1) is 0 Å². The standard InChI is InChI=1S/C20H26N2O4S/c1-15(2)26-19-12-10-18(11-13-19)22(27(4,24)25)14-20(23)21-16(3)17-8-6-5-7-9-17/h5-13,15-16H,14H2,1-4H3,(H,21,23). The Bertz CT molecular complexity index is 849. The number of benzene rings is 2. The van der Waals surface area contributed by atoms with Crippen molar-refractivity contribution >= 4 is 21.6 Å². The molecule has 2 aromatic rings. The van der Waals surface area contributed by atoms with Crippen LogP contribution in [0.5, 0.6) is 5.75 Å². The lowest BCUT2D eigenvalue weighted by Gasteiger charge is -2.23. The number of amides is 1. The molecule has 27 heavy (non-hydrogen) atoms. The molecular weight excluding hydrogens is 364 g/mol. The van der Waals surface area contributed by atoms with Gasteiger partial charge in [-0.2, -0.15) is 0 Å². The van der Waals surface area contributed by atoms with Crippen LogP contribution in [-0.4, -0.2) is 33.2 Å². The van der Waals surface area contributed by atoms with Crippen LogP contribution in [-0.2, 0) is 14.8 Å². The van der Waals surface area contributed by atoms with Gasteiger partial charge >= 0.3 is 0 Å². The molecule has 0 fully saturated rings. The molecule has 0 aliphatic heterocycles. The average Bonchev–Trinajstić information content (AvgIpc) is 2.60. The van der Waals surface area contributed by atoms with Gasteiger partial charge in [0, 0.05) is 0 Å². The van der Waals surface area contributed by atoms with Crippen molar-refractivity contribution in [3.8, 4) is 5.75 Å². The van der Waals surface area contributed by atoms with Crippen molar-refractivity contribution < 1.29 is 17.9 Å². The molecule has 0 aromatic heterocycles. The number of hydrogen-bond acceptors (Lipinski definition) is 4. The van der Waals surface area contributed by atoms with E-state index in [4.69, 9.17) is 4.74 Å². The number of sulfonamides is 1. The van der Waals surface area contributed by atoms with Gasteiger partial charge in [-0.05, 0) is 50.6 Å². The second kappa shape index (κ2) is 8.90. The first-order chi connectivity index (χ1) is 12.7. The van der Waals surface area contributed by atoms with E-state index in [1.54, 1.807) is 24.3 Å².